The number of hydrogen-bond acceptors (Lipinski definition) is 5. The number of unbranched alkanes of at least 4 members (excludes halogenated alkanes) is 2. The molecule has 0 spiro atoms. The van der Waals surface area contributed by atoms with Gasteiger partial charge in [0.05, 0.1) is 29.8 Å². The van der Waals surface area contributed by atoms with Crippen molar-refractivity contribution in [3.8, 4) is 5.69 Å². The van der Waals surface area contributed by atoms with Gasteiger partial charge in [0.15, 0.2) is 0 Å². The van der Waals surface area contributed by atoms with Gasteiger partial charge >= 0.3 is 11.9 Å². The van der Waals surface area contributed by atoms with Gasteiger partial charge in [-0.15, -0.1) is 0 Å². The molecular weight excluding hydrogens is 394 g/mol. The van der Waals surface area contributed by atoms with Crippen LogP contribution in [0.2, 0.25) is 0 Å². The molecule has 7 heteroatoms. The maximum Gasteiger partial charge on any atom is 0.336 e. The number of dihydropyridines is 1. The number of carbonyl (C=O) groups excluding carboxylic acids is 1. The first kappa shape index (κ1) is 22.3. The van der Waals surface area contributed by atoms with Crippen LogP contribution in [0.5, 0.6) is 0 Å². The molecule has 2 aromatic rings. The highest BCUT2D eigenvalue weighted by molar-refractivity contribution is 6.03. The Morgan fingerprint density at radius 1 is 1.16 bits per heavy atom. The Morgan fingerprint density at radius 3 is 2.48 bits per heavy atom. The monoisotopic (exact) mass is 423 g/mol. The molecule has 2 heterocycles. The average molecular weight is 424 g/mol. The molecule has 31 heavy (non-hydrogen) atoms. The van der Waals surface area contributed by atoms with E-state index in [4.69, 9.17) is 4.74 Å². The van der Waals surface area contributed by atoms with Gasteiger partial charge in [-0.1, -0.05) is 38.3 Å². The maximum absolute atomic E-state index is 13.0. The lowest BCUT2D eigenvalue weighted by atomic mass is 9.80. The number of benzene rings is 1. The first-order valence-corrected chi connectivity index (χ1v) is 10.7. The zero-order valence-electron chi connectivity index (χ0n) is 18.2. The van der Waals surface area contributed by atoms with Gasteiger partial charge in [0.2, 0.25) is 0 Å². The molecule has 1 atom stereocenters. The predicted molar refractivity (Wildman–Crippen MR) is 118 cm³/mol. The molecule has 0 saturated heterocycles. The molecule has 0 radical (unpaired) electrons. The van der Waals surface area contributed by atoms with Crippen LogP contribution in [-0.4, -0.2) is 33.2 Å². The number of aliphatic carboxylic acids is 1. The molecular formula is C24H29N3O4. The second kappa shape index (κ2) is 10.1. The number of aromatic nitrogens is 2. The molecule has 7 nitrogen and oxygen atoms in total. The van der Waals surface area contributed by atoms with Crippen LogP contribution in [0.15, 0.2) is 59.8 Å². The standard InChI is InChI=1S/C24H29N3O4/c1-4-6-7-8-19-20(23(28)29)16(3)26-22(21(19)24(30)31-5-2)17-9-11-18(12-10-17)27-14-13-25-15-27/h9-15,19,26H,4-8H2,1-3H3,(H,28,29). The molecule has 0 amide bonds. The van der Waals surface area contributed by atoms with Crippen LogP contribution in [0.4, 0.5) is 0 Å². The number of ether oxygens (including phenoxy) is 1. The van der Waals surface area contributed by atoms with E-state index in [0.717, 1.165) is 30.5 Å². The minimum absolute atomic E-state index is 0.224. The number of rotatable bonds is 9. The van der Waals surface area contributed by atoms with Crippen LogP contribution in [0.3, 0.4) is 0 Å². The van der Waals surface area contributed by atoms with E-state index < -0.39 is 17.9 Å². The average Bonchev–Trinajstić information content (AvgIpc) is 3.28. The van der Waals surface area contributed by atoms with E-state index in [-0.39, 0.29) is 12.2 Å². The molecule has 1 aromatic carbocycles. The molecule has 0 aliphatic carbocycles. The highest BCUT2D eigenvalue weighted by Gasteiger charge is 2.37. The van der Waals surface area contributed by atoms with Crippen molar-refractivity contribution >= 4 is 17.6 Å². The number of carboxylic acid groups (broad SMARTS) is 1. The Morgan fingerprint density at radius 2 is 1.90 bits per heavy atom. The normalized spacial score (nSPS) is 16.3. The Bertz CT molecular complexity index is 988. The summed E-state index contributed by atoms with van der Waals surface area (Å²) in [6.45, 7) is 5.82. The summed E-state index contributed by atoms with van der Waals surface area (Å²) >= 11 is 0. The van der Waals surface area contributed by atoms with E-state index in [1.807, 2.05) is 35.0 Å². The van der Waals surface area contributed by atoms with E-state index in [9.17, 15) is 14.7 Å². The third kappa shape index (κ3) is 4.87. The third-order valence-corrected chi connectivity index (χ3v) is 5.46. The summed E-state index contributed by atoms with van der Waals surface area (Å²) in [6, 6.07) is 7.71. The number of carboxylic acids is 1. The lowest BCUT2D eigenvalue weighted by molar-refractivity contribution is -0.139. The number of esters is 1. The molecule has 3 rings (SSSR count). The van der Waals surface area contributed by atoms with Crippen LogP contribution in [0, 0.1) is 5.92 Å². The zero-order chi connectivity index (χ0) is 22.4. The quantitative estimate of drug-likeness (QED) is 0.461. The Labute approximate surface area is 182 Å². The van der Waals surface area contributed by atoms with Gasteiger partial charge in [-0.3, -0.25) is 0 Å². The fourth-order valence-electron chi connectivity index (χ4n) is 3.99. The van der Waals surface area contributed by atoms with Crippen LogP contribution >= 0.6 is 0 Å². The van der Waals surface area contributed by atoms with E-state index in [1.54, 1.807) is 26.4 Å². The molecule has 1 aliphatic heterocycles. The van der Waals surface area contributed by atoms with Gasteiger partial charge in [-0.2, -0.15) is 0 Å². The Hall–Kier alpha value is -3.35. The summed E-state index contributed by atoms with van der Waals surface area (Å²) in [5.74, 6) is -2.01. The van der Waals surface area contributed by atoms with E-state index in [2.05, 4.69) is 17.2 Å². The summed E-state index contributed by atoms with van der Waals surface area (Å²) in [5, 5.41) is 13.1. The second-order valence-electron chi connectivity index (χ2n) is 7.54. The van der Waals surface area contributed by atoms with Crippen LogP contribution in [-0.2, 0) is 14.3 Å². The maximum atomic E-state index is 13.0. The highest BCUT2D eigenvalue weighted by atomic mass is 16.5. The summed E-state index contributed by atoms with van der Waals surface area (Å²) in [7, 11) is 0. The Kier molecular flexibility index (Phi) is 7.28. The molecule has 2 N–H and O–H groups in total. The largest absolute Gasteiger partial charge is 0.478 e. The smallest absolute Gasteiger partial charge is 0.336 e. The van der Waals surface area contributed by atoms with Gasteiger partial charge in [-0.05, 0) is 38.0 Å². The van der Waals surface area contributed by atoms with Gasteiger partial charge in [0.25, 0.3) is 0 Å². The molecule has 1 aliphatic rings. The molecule has 0 bridgehead atoms. The lowest BCUT2D eigenvalue weighted by Gasteiger charge is -2.31. The first-order valence-electron chi connectivity index (χ1n) is 10.7. The van der Waals surface area contributed by atoms with Crippen LogP contribution < -0.4 is 5.32 Å². The van der Waals surface area contributed by atoms with Crippen molar-refractivity contribution in [3.63, 3.8) is 0 Å². The number of carbonyl (C=O) groups is 2. The molecule has 1 unspecified atom stereocenters. The fourth-order valence-corrected chi connectivity index (χ4v) is 3.99. The number of nitrogens with one attached hydrogen (secondary N) is 1. The minimum atomic E-state index is -1.01. The van der Waals surface area contributed by atoms with Gasteiger partial charge in [0.1, 0.15) is 0 Å². The van der Waals surface area contributed by atoms with E-state index in [0.29, 0.717) is 23.4 Å². The number of imidazole rings is 1. The number of nitrogens with zero attached hydrogens (tertiary/aromatic N) is 2. The van der Waals surface area contributed by atoms with Crippen molar-refractivity contribution in [2.24, 2.45) is 5.92 Å². The topological polar surface area (TPSA) is 93.5 Å². The minimum Gasteiger partial charge on any atom is -0.478 e. The highest BCUT2D eigenvalue weighted by Crippen LogP contribution is 2.38. The van der Waals surface area contributed by atoms with E-state index >= 15 is 0 Å². The predicted octanol–water partition coefficient (Wildman–Crippen LogP) is 4.30. The molecule has 0 fully saturated rings. The molecule has 0 saturated carbocycles. The van der Waals surface area contributed by atoms with Gasteiger partial charge < -0.3 is 19.7 Å². The summed E-state index contributed by atoms with van der Waals surface area (Å²) in [6.07, 6.45) is 8.68. The summed E-state index contributed by atoms with van der Waals surface area (Å²) in [5.41, 5.74) is 3.52. The van der Waals surface area contributed by atoms with Crippen LogP contribution in [0.1, 0.15) is 52.0 Å². The van der Waals surface area contributed by atoms with Gasteiger partial charge in [0, 0.05) is 29.7 Å². The molecule has 1 aromatic heterocycles. The van der Waals surface area contributed by atoms with Crippen LogP contribution in [0.25, 0.3) is 11.4 Å². The first-order chi connectivity index (χ1) is 15.0. The van der Waals surface area contributed by atoms with Crippen molar-refractivity contribution in [1.82, 2.24) is 14.9 Å². The van der Waals surface area contributed by atoms with Crippen molar-refractivity contribution in [3.05, 3.63) is 65.4 Å². The van der Waals surface area contributed by atoms with Gasteiger partial charge in [-0.25, -0.2) is 14.6 Å². The fraction of sp³-hybridized carbons (Fsp3) is 0.375. The number of hydrogen-bond donors (Lipinski definition) is 2. The lowest BCUT2D eigenvalue weighted by Crippen LogP contribution is -2.33. The zero-order valence-corrected chi connectivity index (χ0v) is 18.2. The van der Waals surface area contributed by atoms with Crippen molar-refractivity contribution in [2.75, 3.05) is 6.61 Å². The van der Waals surface area contributed by atoms with E-state index in [1.165, 1.54) is 0 Å². The number of allylic oxidation sites excluding steroid dienone is 1. The van der Waals surface area contributed by atoms with Crippen molar-refractivity contribution < 1.29 is 19.4 Å². The Balaban J connectivity index is 2.08. The SMILES string of the molecule is CCCCCC1C(C(=O)O)=C(C)NC(c2ccc(-n3ccnc3)cc2)=C1C(=O)OCC. The molecule has 164 valence electrons. The third-order valence-electron chi connectivity index (χ3n) is 5.46. The summed E-state index contributed by atoms with van der Waals surface area (Å²) in [4.78, 5) is 29.1. The second-order valence-corrected chi connectivity index (χ2v) is 7.54. The van der Waals surface area contributed by atoms with Crippen molar-refractivity contribution in [2.45, 2.75) is 46.5 Å². The summed E-state index contributed by atoms with van der Waals surface area (Å²) < 4.78 is 7.24. The van der Waals surface area contributed by atoms with Crippen molar-refractivity contribution in [1.29, 1.82) is 0 Å².